The molecule has 5 heteroatoms. The van der Waals surface area contributed by atoms with E-state index in [1.54, 1.807) is 19.2 Å². The van der Waals surface area contributed by atoms with Gasteiger partial charge in [0.05, 0.1) is 12.7 Å². The quantitative estimate of drug-likeness (QED) is 0.729. The van der Waals surface area contributed by atoms with Gasteiger partial charge < -0.3 is 14.9 Å². The van der Waals surface area contributed by atoms with Crippen LogP contribution in [0.25, 0.3) is 22.6 Å². The molecule has 0 amide bonds. The van der Waals surface area contributed by atoms with E-state index in [-0.39, 0.29) is 0 Å². The molecule has 0 atom stereocenters. The Morgan fingerprint density at radius 1 is 1.21 bits per heavy atom. The standard InChI is InChI=1S/C14H11BrN2O2/c1-18-12-4-2-8(15)6-10(12)14-17-11-7-9(16)3-5-13(11)19-14/h2-7H,16H2,1H3. The number of halogens is 1. The number of oxazole rings is 1. The molecule has 0 aliphatic heterocycles. The first-order valence-corrected chi connectivity index (χ1v) is 6.46. The predicted molar refractivity (Wildman–Crippen MR) is 78.1 cm³/mol. The van der Waals surface area contributed by atoms with Gasteiger partial charge in [-0.1, -0.05) is 15.9 Å². The van der Waals surface area contributed by atoms with Crippen LogP contribution in [0.2, 0.25) is 0 Å². The van der Waals surface area contributed by atoms with Crippen molar-refractivity contribution in [3.05, 3.63) is 40.9 Å². The summed E-state index contributed by atoms with van der Waals surface area (Å²) in [6.45, 7) is 0. The summed E-state index contributed by atoms with van der Waals surface area (Å²) in [7, 11) is 1.62. The monoisotopic (exact) mass is 318 g/mol. The van der Waals surface area contributed by atoms with E-state index in [9.17, 15) is 0 Å². The van der Waals surface area contributed by atoms with Crippen molar-refractivity contribution in [3.63, 3.8) is 0 Å². The number of anilines is 1. The topological polar surface area (TPSA) is 61.3 Å². The molecule has 3 rings (SSSR count). The number of aromatic nitrogens is 1. The van der Waals surface area contributed by atoms with Crippen LogP contribution in [0.4, 0.5) is 5.69 Å². The van der Waals surface area contributed by atoms with Crippen LogP contribution in [0.3, 0.4) is 0 Å². The zero-order valence-corrected chi connectivity index (χ0v) is 11.8. The lowest BCUT2D eigenvalue weighted by molar-refractivity contribution is 0.414. The van der Waals surface area contributed by atoms with Gasteiger partial charge in [-0.3, -0.25) is 0 Å². The van der Waals surface area contributed by atoms with Gasteiger partial charge in [-0.25, -0.2) is 4.98 Å². The molecule has 0 bridgehead atoms. The number of ether oxygens (including phenoxy) is 1. The smallest absolute Gasteiger partial charge is 0.231 e. The normalized spacial score (nSPS) is 10.8. The molecule has 1 aromatic heterocycles. The lowest BCUT2D eigenvalue weighted by Gasteiger charge is -2.05. The van der Waals surface area contributed by atoms with Crippen molar-refractivity contribution in [2.45, 2.75) is 0 Å². The van der Waals surface area contributed by atoms with Gasteiger partial charge in [-0.2, -0.15) is 0 Å². The Morgan fingerprint density at radius 2 is 2.05 bits per heavy atom. The molecular formula is C14H11BrN2O2. The molecule has 0 unspecified atom stereocenters. The van der Waals surface area contributed by atoms with E-state index in [0.29, 0.717) is 22.9 Å². The first kappa shape index (κ1) is 12.0. The number of nitrogens with two attached hydrogens (primary N) is 1. The molecule has 0 spiro atoms. The second kappa shape index (κ2) is 4.59. The van der Waals surface area contributed by atoms with Gasteiger partial charge in [-0.05, 0) is 36.4 Å². The highest BCUT2D eigenvalue weighted by molar-refractivity contribution is 9.10. The second-order valence-corrected chi connectivity index (χ2v) is 5.01. The van der Waals surface area contributed by atoms with Gasteiger partial charge in [-0.15, -0.1) is 0 Å². The van der Waals surface area contributed by atoms with Crippen LogP contribution in [0.15, 0.2) is 45.3 Å². The van der Waals surface area contributed by atoms with E-state index in [1.807, 2.05) is 24.3 Å². The number of hydrogen-bond donors (Lipinski definition) is 1. The Balaban J connectivity index is 2.21. The minimum absolute atomic E-state index is 0.513. The average Bonchev–Trinajstić information content (AvgIpc) is 2.81. The van der Waals surface area contributed by atoms with Crippen LogP contribution in [-0.4, -0.2) is 12.1 Å². The van der Waals surface area contributed by atoms with Crippen molar-refractivity contribution in [2.75, 3.05) is 12.8 Å². The number of nitrogen functional groups attached to an aromatic ring is 1. The maximum absolute atomic E-state index is 5.74. The number of rotatable bonds is 2. The van der Waals surface area contributed by atoms with E-state index >= 15 is 0 Å². The summed E-state index contributed by atoms with van der Waals surface area (Å²) < 4.78 is 12.0. The second-order valence-electron chi connectivity index (χ2n) is 4.09. The maximum atomic E-state index is 5.74. The molecule has 0 fully saturated rings. The van der Waals surface area contributed by atoms with Gasteiger partial charge >= 0.3 is 0 Å². The van der Waals surface area contributed by atoms with Gasteiger partial charge in [0, 0.05) is 10.2 Å². The summed E-state index contributed by atoms with van der Waals surface area (Å²) in [6.07, 6.45) is 0. The minimum Gasteiger partial charge on any atom is -0.496 e. The molecule has 0 radical (unpaired) electrons. The number of benzene rings is 2. The van der Waals surface area contributed by atoms with Crippen LogP contribution >= 0.6 is 15.9 Å². The van der Waals surface area contributed by atoms with Crippen molar-refractivity contribution in [3.8, 4) is 17.2 Å². The maximum Gasteiger partial charge on any atom is 0.231 e. The molecule has 2 aromatic carbocycles. The Morgan fingerprint density at radius 3 is 2.84 bits per heavy atom. The lowest BCUT2D eigenvalue weighted by Crippen LogP contribution is -1.87. The number of hydrogen-bond acceptors (Lipinski definition) is 4. The highest BCUT2D eigenvalue weighted by atomic mass is 79.9. The summed E-state index contributed by atoms with van der Waals surface area (Å²) >= 11 is 3.43. The van der Waals surface area contributed by atoms with Crippen molar-refractivity contribution in [1.82, 2.24) is 4.98 Å². The summed E-state index contributed by atoms with van der Waals surface area (Å²) in [5, 5.41) is 0. The number of fused-ring (bicyclic) bond motifs is 1. The molecule has 0 aliphatic rings. The molecule has 0 saturated carbocycles. The number of nitrogens with zero attached hydrogens (tertiary/aromatic N) is 1. The summed E-state index contributed by atoms with van der Waals surface area (Å²) in [5.41, 5.74) is 8.63. The third-order valence-corrected chi connectivity index (χ3v) is 3.30. The van der Waals surface area contributed by atoms with Crippen LogP contribution in [0, 0.1) is 0 Å². The van der Waals surface area contributed by atoms with Crippen molar-refractivity contribution >= 4 is 32.7 Å². The Hall–Kier alpha value is -2.01. The zero-order chi connectivity index (χ0) is 13.4. The third kappa shape index (κ3) is 2.17. The van der Waals surface area contributed by atoms with Crippen LogP contribution in [-0.2, 0) is 0 Å². The zero-order valence-electron chi connectivity index (χ0n) is 10.2. The fraction of sp³-hybridized carbons (Fsp3) is 0.0714. The van der Waals surface area contributed by atoms with Crippen molar-refractivity contribution in [2.24, 2.45) is 0 Å². The molecule has 96 valence electrons. The van der Waals surface area contributed by atoms with Gasteiger partial charge in [0.1, 0.15) is 11.3 Å². The van der Waals surface area contributed by atoms with Crippen LogP contribution < -0.4 is 10.5 Å². The summed E-state index contributed by atoms with van der Waals surface area (Å²) in [4.78, 5) is 4.45. The van der Waals surface area contributed by atoms with Gasteiger partial charge in [0.25, 0.3) is 0 Å². The molecule has 0 aliphatic carbocycles. The fourth-order valence-electron chi connectivity index (χ4n) is 1.91. The largest absolute Gasteiger partial charge is 0.496 e. The van der Waals surface area contributed by atoms with E-state index < -0.39 is 0 Å². The Bertz CT molecular complexity index is 752. The van der Waals surface area contributed by atoms with E-state index in [4.69, 9.17) is 14.9 Å². The van der Waals surface area contributed by atoms with Crippen LogP contribution in [0.1, 0.15) is 0 Å². The first-order chi connectivity index (χ1) is 9.17. The highest BCUT2D eigenvalue weighted by Gasteiger charge is 2.13. The molecule has 19 heavy (non-hydrogen) atoms. The SMILES string of the molecule is COc1ccc(Br)cc1-c1nc2cc(N)ccc2o1. The van der Waals surface area contributed by atoms with E-state index in [1.165, 1.54) is 0 Å². The third-order valence-electron chi connectivity index (χ3n) is 2.80. The Kier molecular flexibility index (Phi) is 2.91. The van der Waals surface area contributed by atoms with Gasteiger partial charge in [0.2, 0.25) is 5.89 Å². The lowest BCUT2D eigenvalue weighted by atomic mass is 10.2. The minimum atomic E-state index is 0.513. The van der Waals surface area contributed by atoms with Crippen LogP contribution in [0.5, 0.6) is 5.75 Å². The van der Waals surface area contributed by atoms with Gasteiger partial charge in [0.15, 0.2) is 5.58 Å². The summed E-state index contributed by atoms with van der Waals surface area (Å²) in [6, 6.07) is 11.1. The van der Waals surface area contributed by atoms with Crippen molar-refractivity contribution in [1.29, 1.82) is 0 Å². The highest BCUT2D eigenvalue weighted by Crippen LogP contribution is 2.34. The van der Waals surface area contributed by atoms with E-state index in [2.05, 4.69) is 20.9 Å². The number of methoxy groups -OCH3 is 1. The first-order valence-electron chi connectivity index (χ1n) is 5.67. The average molecular weight is 319 g/mol. The molecule has 3 aromatic rings. The molecule has 0 saturated heterocycles. The molecular weight excluding hydrogens is 308 g/mol. The van der Waals surface area contributed by atoms with E-state index in [0.717, 1.165) is 15.6 Å². The Labute approximate surface area is 118 Å². The molecule has 4 nitrogen and oxygen atoms in total. The molecule has 2 N–H and O–H groups in total. The predicted octanol–water partition coefficient (Wildman–Crippen LogP) is 3.85. The molecule has 1 heterocycles. The fourth-order valence-corrected chi connectivity index (χ4v) is 2.27. The summed E-state index contributed by atoms with van der Waals surface area (Å²) in [5.74, 6) is 1.22. The van der Waals surface area contributed by atoms with Crippen molar-refractivity contribution < 1.29 is 9.15 Å².